The lowest BCUT2D eigenvalue weighted by molar-refractivity contribution is -0.134. The van der Waals surface area contributed by atoms with E-state index in [1.54, 1.807) is 29.2 Å². The Balaban J connectivity index is 1.19. The van der Waals surface area contributed by atoms with E-state index in [-0.39, 0.29) is 46.6 Å². The van der Waals surface area contributed by atoms with Crippen LogP contribution < -0.4 is 15.1 Å². The molecule has 0 radical (unpaired) electrons. The molecule has 0 bridgehead atoms. The van der Waals surface area contributed by atoms with Crippen LogP contribution in [0.25, 0.3) is 11.0 Å². The van der Waals surface area contributed by atoms with Crippen molar-refractivity contribution in [3.05, 3.63) is 110 Å². The maximum atomic E-state index is 14.1. The van der Waals surface area contributed by atoms with Crippen molar-refractivity contribution in [2.24, 2.45) is 0 Å². The van der Waals surface area contributed by atoms with Crippen LogP contribution in [0.4, 0.5) is 5.69 Å². The highest BCUT2D eigenvalue weighted by atomic mass is 35.5. The number of piperidine rings is 1. The molecule has 1 aromatic heterocycles. The van der Waals surface area contributed by atoms with E-state index < -0.39 is 27.4 Å². The molecule has 4 aromatic rings. The molecule has 0 unspecified atom stereocenters. The summed E-state index contributed by atoms with van der Waals surface area (Å²) in [5, 5.41) is 3.46. The molecule has 0 spiro atoms. The number of carbonyl (C=O) groups excluding carboxylic acids is 3. The SMILES string of the molecule is CN(c1ccc2oc(C(=O)N[C@H](Cc3ccc(Cl)cc3)C(=O)N3CCC(c4ccccc4CN4CCCC4=O)CC3)cc(=O)c2c1)S(C)(=O)=O. The van der Waals surface area contributed by atoms with Gasteiger partial charge in [-0.15, -0.1) is 0 Å². The number of anilines is 1. The maximum absolute atomic E-state index is 14.1. The topological polar surface area (TPSA) is 137 Å². The molecular formula is C37H39ClN4O7S. The molecule has 6 rings (SSSR count). The molecule has 0 saturated carbocycles. The Morgan fingerprint density at radius 1 is 1.00 bits per heavy atom. The fourth-order valence-electron chi connectivity index (χ4n) is 6.71. The van der Waals surface area contributed by atoms with Crippen molar-refractivity contribution in [2.75, 3.05) is 37.2 Å². The third-order valence-corrected chi connectivity index (χ3v) is 11.0. The number of hydrogen-bond acceptors (Lipinski definition) is 7. The largest absolute Gasteiger partial charge is 0.451 e. The number of nitrogens with zero attached hydrogens (tertiary/aromatic N) is 3. The highest BCUT2D eigenvalue weighted by molar-refractivity contribution is 7.92. The fraction of sp³-hybridized carbons (Fsp3) is 0.351. The Morgan fingerprint density at radius 3 is 2.40 bits per heavy atom. The van der Waals surface area contributed by atoms with E-state index in [1.165, 1.54) is 30.8 Å². The zero-order chi connectivity index (χ0) is 35.6. The fourth-order valence-corrected chi connectivity index (χ4v) is 7.34. The monoisotopic (exact) mass is 718 g/mol. The molecule has 50 heavy (non-hydrogen) atoms. The molecule has 1 N–H and O–H groups in total. The Bertz CT molecular complexity index is 2090. The molecule has 262 valence electrons. The number of amides is 3. The van der Waals surface area contributed by atoms with Crippen molar-refractivity contribution in [3.63, 3.8) is 0 Å². The quantitative estimate of drug-likeness (QED) is 0.251. The minimum absolute atomic E-state index is 0.102. The van der Waals surface area contributed by atoms with Crippen LogP contribution in [-0.2, 0) is 32.6 Å². The number of rotatable bonds is 10. The first-order chi connectivity index (χ1) is 23.9. The molecule has 1 atom stereocenters. The molecular weight excluding hydrogens is 680 g/mol. The first-order valence-corrected chi connectivity index (χ1v) is 18.8. The van der Waals surface area contributed by atoms with Gasteiger partial charge in [-0.2, -0.15) is 0 Å². The zero-order valence-corrected chi connectivity index (χ0v) is 29.5. The van der Waals surface area contributed by atoms with Crippen LogP contribution in [0.15, 0.2) is 82.0 Å². The van der Waals surface area contributed by atoms with Crippen LogP contribution in [0.5, 0.6) is 0 Å². The predicted molar refractivity (Wildman–Crippen MR) is 192 cm³/mol. The Kier molecular flexibility index (Phi) is 10.3. The van der Waals surface area contributed by atoms with Crippen molar-refractivity contribution in [2.45, 2.75) is 50.6 Å². The number of fused-ring (bicyclic) bond motifs is 1. The second-order valence-corrected chi connectivity index (χ2v) is 15.4. The average molecular weight is 719 g/mol. The van der Waals surface area contributed by atoms with Crippen molar-refractivity contribution in [1.82, 2.24) is 15.1 Å². The van der Waals surface area contributed by atoms with E-state index in [4.69, 9.17) is 16.0 Å². The number of hydrogen-bond donors (Lipinski definition) is 1. The van der Waals surface area contributed by atoms with Gasteiger partial charge in [-0.05, 0) is 72.2 Å². The molecule has 3 amide bonds. The molecule has 2 fully saturated rings. The summed E-state index contributed by atoms with van der Waals surface area (Å²) < 4.78 is 30.8. The lowest BCUT2D eigenvalue weighted by atomic mass is 9.86. The number of benzene rings is 3. The summed E-state index contributed by atoms with van der Waals surface area (Å²) in [5.74, 6) is -0.842. The summed E-state index contributed by atoms with van der Waals surface area (Å²) in [5.41, 5.74) is 2.97. The van der Waals surface area contributed by atoms with Gasteiger partial charge in [-0.1, -0.05) is 48.0 Å². The summed E-state index contributed by atoms with van der Waals surface area (Å²) in [6.07, 6.45) is 4.18. The number of nitrogens with one attached hydrogen (secondary N) is 1. The molecule has 0 aliphatic carbocycles. The molecule has 11 nitrogen and oxygen atoms in total. The van der Waals surface area contributed by atoms with E-state index in [2.05, 4.69) is 17.4 Å². The van der Waals surface area contributed by atoms with Gasteiger partial charge in [0.15, 0.2) is 11.2 Å². The van der Waals surface area contributed by atoms with Gasteiger partial charge >= 0.3 is 0 Å². The Hall–Kier alpha value is -4.68. The lowest BCUT2D eigenvalue weighted by Gasteiger charge is -2.35. The average Bonchev–Trinajstić information content (AvgIpc) is 3.51. The second-order valence-electron chi connectivity index (χ2n) is 13.0. The van der Waals surface area contributed by atoms with Gasteiger partial charge in [0.05, 0.1) is 17.3 Å². The summed E-state index contributed by atoms with van der Waals surface area (Å²) in [7, 11) is -2.19. The summed E-state index contributed by atoms with van der Waals surface area (Å²) in [6, 6.07) is 19.6. The molecule has 2 saturated heterocycles. The van der Waals surface area contributed by atoms with Crippen LogP contribution in [0.3, 0.4) is 0 Å². The van der Waals surface area contributed by atoms with Crippen LogP contribution >= 0.6 is 11.6 Å². The maximum Gasteiger partial charge on any atom is 0.287 e. The minimum Gasteiger partial charge on any atom is -0.451 e. The number of halogens is 1. The van der Waals surface area contributed by atoms with Gasteiger partial charge in [-0.25, -0.2) is 8.42 Å². The second kappa shape index (κ2) is 14.7. The van der Waals surface area contributed by atoms with Gasteiger partial charge in [-0.3, -0.25) is 23.5 Å². The summed E-state index contributed by atoms with van der Waals surface area (Å²) in [6.45, 7) is 2.34. The van der Waals surface area contributed by atoms with Gasteiger partial charge in [0.2, 0.25) is 21.8 Å². The van der Waals surface area contributed by atoms with E-state index in [9.17, 15) is 27.6 Å². The van der Waals surface area contributed by atoms with Crippen LogP contribution in [-0.4, -0.2) is 74.9 Å². The third kappa shape index (κ3) is 7.87. The molecule has 3 aromatic carbocycles. The first kappa shape index (κ1) is 35.2. The molecule has 2 aliphatic rings. The highest BCUT2D eigenvalue weighted by Gasteiger charge is 2.32. The predicted octanol–water partition coefficient (Wildman–Crippen LogP) is 4.71. The molecule has 3 heterocycles. The van der Waals surface area contributed by atoms with Crippen LogP contribution in [0.2, 0.25) is 5.02 Å². The third-order valence-electron chi connectivity index (χ3n) is 9.59. The van der Waals surface area contributed by atoms with Gasteiger partial charge < -0.3 is 19.5 Å². The standard InChI is InChI=1S/C37H39ClN4O7S/c1-40(50(2,47)48)28-13-14-33-30(21-28)32(43)22-34(49-33)36(45)39-31(20-24-9-11-27(38)12-10-24)37(46)41-18-15-25(16-19-41)29-7-4-3-6-26(29)23-42-17-5-8-35(42)44/h3-4,6-7,9-14,21-22,25,31H,5,8,15-20,23H2,1-2H3,(H,39,45)/t31-/m1/s1. The van der Waals surface area contributed by atoms with Crippen LogP contribution in [0.1, 0.15) is 58.8 Å². The van der Waals surface area contributed by atoms with E-state index >= 15 is 0 Å². The van der Waals surface area contributed by atoms with E-state index in [0.29, 0.717) is 31.1 Å². The Morgan fingerprint density at radius 2 is 1.72 bits per heavy atom. The smallest absolute Gasteiger partial charge is 0.287 e. The first-order valence-electron chi connectivity index (χ1n) is 16.6. The van der Waals surface area contributed by atoms with Crippen molar-refractivity contribution >= 4 is 56.0 Å². The van der Waals surface area contributed by atoms with E-state index in [1.807, 2.05) is 17.0 Å². The van der Waals surface area contributed by atoms with Crippen molar-refractivity contribution < 1.29 is 27.2 Å². The van der Waals surface area contributed by atoms with Crippen molar-refractivity contribution in [3.8, 4) is 0 Å². The van der Waals surface area contributed by atoms with Gasteiger partial charge in [0, 0.05) is 57.2 Å². The highest BCUT2D eigenvalue weighted by Crippen LogP contribution is 2.32. The summed E-state index contributed by atoms with van der Waals surface area (Å²) in [4.78, 5) is 56.7. The number of sulfonamides is 1. The van der Waals surface area contributed by atoms with Crippen molar-refractivity contribution in [1.29, 1.82) is 0 Å². The molecule has 2 aliphatic heterocycles. The normalized spacial score (nSPS) is 16.1. The zero-order valence-electron chi connectivity index (χ0n) is 27.9. The van der Waals surface area contributed by atoms with E-state index in [0.717, 1.165) is 53.6 Å². The van der Waals surface area contributed by atoms with Gasteiger partial charge in [0.1, 0.15) is 11.6 Å². The van der Waals surface area contributed by atoms with Gasteiger partial charge in [0.25, 0.3) is 5.91 Å². The Labute approximate surface area is 295 Å². The molecule has 13 heteroatoms. The number of carbonyl (C=O) groups is 3. The lowest BCUT2D eigenvalue weighted by Crippen LogP contribution is -2.51. The minimum atomic E-state index is -3.56. The van der Waals surface area contributed by atoms with Crippen LogP contribution in [0, 0.1) is 0 Å². The number of likely N-dealkylation sites (tertiary alicyclic amines) is 2. The summed E-state index contributed by atoms with van der Waals surface area (Å²) >= 11 is 6.10.